The monoisotopic (exact) mass is 1300 g/mol. The molecule has 0 aliphatic carbocycles. The first-order valence-corrected chi connectivity index (χ1v) is 37.3. The highest BCUT2D eigenvalue weighted by Crippen LogP contribution is 2.49. The molecule has 478 valence electrons. The van der Waals surface area contributed by atoms with Gasteiger partial charge in [0.2, 0.25) is 5.52 Å². The predicted molar refractivity (Wildman–Crippen MR) is 423 cm³/mol. The quantitative estimate of drug-likeness (QED) is 0.0328. The summed E-state index contributed by atoms with van der Waals surface area (Å²) in [5.41, 5.74) is 7.69. The number of unbranched alkanes of at least 4 members (excludes halogenated alkanes) is 9. The van der Waals surface area contributed by atoms with Crippen LogP contribution < -0.4 is 14.0 Å². The van der Waals surface area contributed by atoms with Crippen molar-refractivity contribution in [2.75, 3.05) is 13.2 Å². The Bertz CT molecular complexity index is 5800. The summed E-state index contributed by atoms with van der Waals surface area (Å²) in [4.78, 5) is 2.91. The average molecular weight is 1300 g/mol. The molecular formula is C92H82NO2S2+. The van der Waals surface area contributed by atoms with Crippen LogP contribution in [-0.2, 0) is 13.5 Å². The van der Waals surface area contributed by atoms with Crippen molar-refractivity contribution in [3.63, 3.8) is 0 Å². The summed E-state index contributed by atoms with van der Waals surface area (Å²) in [7, 11) is 2.14. The zero-order valence-corrected chi connectivity index (χ0v) is 57.9. The molecule has 97 heavy (non-hydrogen) atoms. The number of hydrogen-bond donors (Lipinski definition) is 0. The Labute approximate surface area is 577 Å². The van der Waals surface area contributed by atoms with E-state index in [9.17, 15) is 0 Å². The van der Waals surface area contributed by atoms with Crippen molar-refractivity contribution >= 4 is 151 Å². The smallest absolute Gasteiger partial charge is 0.213 e. The highest BCUT2D eigenvalue weighted by atomic mass is 32.1. The van der Waals surface area contributed by atoms with Gasteiger partial charge in [-0.05, 0) is 219 Å². The topological polar surface area (TPSA) is 22.3 Å². The first-order valence-electron chi connectivity index (χ1n) is 35.6. The Morgan fingerprint density at radius 1 is 0.320 bits per heavy atom. The summed E-state index contributed by atoms with van der Waals surface area (Å²) in [6.07, 6.45) is 18.5. The van der Waals surface area contributed by atoms with E-state index in [4.69, 9.17) is 9.47 Å². The molecule has 0 amide bonds. The molecule has 0 bridgehead atoms. The minimum atomic E-state index is 0.792. The van der Waals surface area contributed by atoms with Gasteiger partial charge >= 0.3 is 0 Å². The molecule has 0 aliphatic heterocycles. The first-order chi connectivity index (χ1) is 47.9. The van der Waals surface area contributed by atoms with Crippen molar-refractivity contribution in [1.29, 1.82) is 0 Å². The number of pyridine rings is 1. The second kappa shape index (κ2) is 27.5. The van der Waals surface area contributed by atoms with Crippen molar-refractivity contribution in [3.05, 3.63) is 248 Å². The lowest BCUT2D eigenvalue weighted by molar-refractivity contribution is -0.644. The second-order valence-electron chi connectivity index (χ2n) is 26.8. The summed E-state index contributed by atoms with van der Waals surface area (Å²) in [5.74, 6) is 1.92. The average Bonchev–Trinajstić information content (AvgIpc) is 1.38. The second-order valence-corrected chi connectivity index (χ2v) is 29.0. The van der Waals surface area contributed by atoms with Crippen LogP contribution in [0.5, 0.6) is 11.5 Å². The van der Waals surface area contributed by atoms with Gasteiger partial charge in [0.25, 0.3) is 0 Å². The Balaban J connectivity index is 0.000000114. The lowest BCUT2D eigenvalue weighted by Gasteiger charge is -2.16. The normalized spacial score (nSPS) is 11.9. The van der Waals surface area contributed by atoms with Gasteiger partial charge in [-0.2, -0.15) is 0 Å². The Morgan fingerprint density at radius 3 is 1.42 bits per heavy atom. The van der Waals surface area contributed by atoms with Crippen LogP contribution in [0.3, 0.4) is 0 Å². The first kappa shape index (κ1) is 62.2. The van der Waals surface area contributed by atoms with E-state index in [0.717, 1.165) is 37.6 Å². The molecule has 3 heterocycles. The van der Waals surface area contributed by atoms with Gasteiger partial charge in [-0.15, -0.1) is 22.7 Å². The fraction of sp³-hybridized carbons (Fsp3) is 0.207. The van der Waals surface area contributed by atoms with Crippen molar-refractivity contribution in [3.8, 4) is 44.2 Å². The fourth-order valence-corrected chi connectivity index (χ4v) is 17.9. The van der Waals surface area contributed by atoms with Gasteiger partial charge in [-0.3, -0.25) is 0 Å². The molecule has 0 unspecified atom stereocenters. The molecule has 0 spiro atoms. The van der Waals surface area contributed by atoms with Crippen LogP contribution in [0.1, 0.15) is 103 Å². The molecule has 5 heteroatoms. The summed E-state index contributed by atoms with van der Waals surface area (Å²) < 4.78 is 17.0. The van der Waals surface area contributed by atoms with Gasteiger partial charge in [0.15, 0.2) is 6.20 Å². The van der Waals surface area contributed by atoms with Gasteiger partial charge in [-0.1, -0.05) is 218 Å². The van der Waals surface area contributed by atoms with E-state index >= 15 is 0 Å². The Morgan fingerprint density at radius 2 is 0.804 bits per heavy atom. The van der Waals surface area contributed by atoms with Gasteiger partial charge in [0.1, 0.15) is 18.5 Å². The lowest BCUT2D eigenvalue weighted by Crippen LogP contribution is -2.28. The maximum absolute atomic E-state index is 6.00. The minimum absolute atomic E-state index is 0.792. The number of ether oxygens (including phenoxy) is 2. The van der Waals surface area contributed by atoms with E-state index in [0.29, 0.717) is 0 Å². The maximum atomic E-state index is 6.00. The van der Waals surface area contributed by atoms with Gasteiger partial charge < -0.3 is 9.47 Å². The van der Waals surface area contributed by atoms with Gasteiger partial charge in [0.05, 0.1) is 18.6 Å². The Kier molecular flexibility index (Phi) is 17.6. The van der Waals surface area contributed by atoms with Crippen LogP contribution in [0.2, 0.25) is 0 Å². The number of aromatic nitrogens is 1. The van der Waals surface area contributed by atoms with Crippen molar-refractivity contribution < 1.29 is 14.0 Å². The summed E-state index contributed by atoms with van der Waals surface area (Å²) in [5, 5.41) is 28.3. The molecule has 3 aromatic heterocycles. The third-order valence-corrected chi connectivity index (χ3v) is 22.8. The third-order valence-electron chi connectivity index (χ3n) is 20.4. The number of benzene rings is 15. The van der Waals surface area contributed by atoms with E-state index in [1.165, 1.54) is 236 Å². The van der Waals surface area contributed by atoms with Gasteiger partial charge in [0, 0.05) is 58.4 Å². The van der Waals surface area contributed by atoms with Crippen LogP contribution in [0, 0.1) is 0 Å². The predicted octanol–water partition coefficient (Wildman–Crippen LogP) is 27.2. The Hall–Kier alpha value is -9.65. The zero-order chi connectivity index (χ0) is 65.3. The molecule has 0 saturated carbocycles. The molecule has 0 saturated heterocycles. The van der Waals surface area contributed by atoms with Crippen molar-refractivity contribution in [2.45, 2.75) is 104 Å². The van der Waals surface area contributed by atoms with E-state index in [2.05, 4.69) is 275 Å². The number of thiophene rings is 2. The molecule has 0 atom stereocenters. The third kappa shape index (κ3) is 11.9. The zero-order valence-electron chi connectivity index (χ0n) is 56.3. The molecular weight excluding hydrogens is 1220 g/mol. The highest BCUT2D eigenvalue weighted by molar-refractivity contribution is 7.27. The number of nitrogens with zero attached hydrogens (tertiary/aromatic N) is 1. The standard InChI is InChI=1S/C32H30NO.C30H26OS.C30H26S/c1-3-4-5-8-19-34-25-13-11-22(12-14-25)29-21-24-20-23-9-6-7-10-26(23)27-15-16-30-32(31(24)27)28(29)17-18-33(30)2;1-2-3-4-7-17-31-23-15-13-20(14-16-23)26-19-22-18-21-9-5-6-10-24(21)30-28(22)29-25(26)11-8-12-27(29)32-30;1-2-3-4-5-11-23-15-17-28(31-23)27-19-22-18-21-9-6-7-12-24(21)26-16-14-20-10-8-13-25(27)29(20)30(22)26/h6-7,9-18,20-21H,3-5,8,19H2,1-2H3;5-6,8-16,18-19H,2-4,7,17H2,1H3;6-10,12-19H,2-5,11H2,1H3/q+1;;. The lowest BCUT2D eigenvalue weighted by atomic mass is 9.88. The summed E-state index contributed by atoms with van der Waals surface area (Å²) in [6.45, 7) is 8.35. The molecule has 0 radical (unpaired) electrons. The van der Waals surface area contributed by atoms with Crippen LogP contribution in [-0.4, -0.2) is 13.2 Å². The highest BCUT2D eigenvalue weighted by Gasteiger charge is 2.22. The molecule has 0 aliphatic rings. The number of aryl methyl sites for hydroxylation is 2. The van der Waals surface area contributed by atoms with E-state index in [1.54, 1.807) is 0 Å². The number of rotatable bonds is 20. The SMILES string of the molecule is CCCCCCOc1ccc(-c2cc3cc4ccccc4c4ccc5c(c2cc[n+]5C)c34)cc1.CCCCCCOc1ccc(-c2cc3cc4ccccc4c4sc5cccc2c5c34)cc1.CCCCCCc1ccc(-c2cc3cc4ccccc4c4ccc5cccc2c5c34)s1. The largest absolute Gasteiger partial charge is 0.494 e. The van der Waals surface area contributed by atoms with Crippen LogP contribution >= 0.6 is 22.7 Å². The van der Waals surface area contributed by atoms with Crippen molar-refractivity contribution in [2.24, 2.45) is 7.05 Å². The van der Waals surface area contributed by atoms with Crippen molar-refractivity contribution in [1.82, 2.24) is 0 Å². The van der Waals surface area contributed by atoms with E-state index in [-0.39, 0.29) is 0 Å². The minimum Gasteiger partial charge on any atom is -0.494 e. The molecule has 18 rings (SSSR count). The van der Waals surface area contributed by atoms with Crippen LogP contribution in [0.15, 0.2) is 243 Å². The maximum Gasteiger partial charge on any atom is 0.213 e. The molecule has 3 nitrogen and oxygen atoms in total. The molecule has 0 N–H and O–H groups in total. The molecule has 18 aromatic rings. The van der Waals surface area contributed by atoms with Gasteiger partial charge in [-0.25, -0.2) is 4.57 Å². The number of fused-ring (bicyclic) bond motifs is 6. The van der Waals surface area contributed by atoms with Crippen LogP contribution in [0.4, 0.5) is 0 Å². The van der Waals surface area contributed by atoms with E-state index < -0.39 is 0 Å². The fourth-order valence-electron chi connectivity index (χ4n) is 15.5. The summed E-state index contributed by atoms with van der Waals surface area (Å²) >= 11 is 3.90. The molecule has 15 aromatic carbocycles. The van der Waals surface area contributed by atoms with E-state index in [1.807, 2.05) is 22.7 Å². The summed E-state index contributed by atoms with van der Waals surface area (Å²) in [6, 6.07) is 87.5. The number of hydrogen-bond acceptors (Lipinski definition) is 4. The molecule has 0 fully saturated rings. The van der Waals surface area contributed by atoms with Crippen LogP contribution in [0.25, 0.3) is 161 Å².